The van der Waals surface area contributed by atoms with E-state index in [4.69, 9.17) is 9.47 Å². The number of ether oxygens (including phenoxy) is 2. The van der Waals surface area contributed by atoms with Crippen molar-refractivity contribution in [2.45, 2.75) is 33.5 Å². The monoisotopic (exact) mass is 170 g/mol. The highest BCUT2D eigenvalue weighted by Gasteiger charge is 2.37. The molecule has 0 N–H and O–H groups in total. The molecule has 3 nitrogen and oxygen atoms in total. The third-order valence-electron chi connectivity index (χ3n) is 2.04. The summed E-state index contributed by atoms with van der Waals surface area (Å²) in [5.74, 6) is -0.363. The number of rotatable bonds is 1. The zero-order chi connectivity index (χ0) is 9.35. The van der Waals surface area contributed by atoms with Crippen LogP contribution in [0, 0.1) is 5.92 Å². The molecule has 0 saturated carbocycles. The van der Waals surface area contributed by atoms with Crippen LogP contribution in [0.5, 0.6) is 0 Å². The van der Waals surface area contributed by atoms with Crippen molar-refractivity contribution in [1.82, 2.24) is 0 Å². The Morgan fingerprint density at radius 3 is 2.42 bits per heavy atom. The molecule has 0 aromatic rings. The minimum atomic E-state index is -0.796. The molecule has 1 unspecified atom stereocenters. The second-order valence-electron chi connectivity index (χ2n) is 3.45. The Labute approximate surface area is 72.4 Å². The van der Waals surface area contributed by atoms with Crippen LogP contribution >= 0.6 is 0 Å². The molecule has 1 aliphatic rings. The molecule has 0 aromatic heterocycles. The third-order valence-corrected chi connectivity index (χ3v) is 2.04. The molecule has 0 aliphatic carbocycles. The van der Waals surface area contributed by atoms with Crippen LogP contribution in [0.25, 0.3) is 0 Å². The number of esters is 1. The summed E-state index contributed by atoms with van der Waals surface area (Å²) < 4.78 is 10.5. The summed E-state index contributed by atoms with van der Waals surface area (Å²) in [6.07, 6.45) is 1.35. The highest BCUT2D eigenvalue weighted by molar-refractivity contribution is 5.83. The molecule has 1 heterocycles. The van der Waals surface area contributed by atoms with Crippen LogP contribution in [0.2, 0.25) is 0 Å². The summed E-state index contributed by atoms with van der Waals surface area (Å²) in [7, 11) is 0. The predicted octanol–water partition coefficient (Wildman–Crippen LogP) is 1.84. The van der Waals surface area contributed by atoms with E-state index in [1.54, 1.807) is 13.8 Å². The van der Waals surface area contributed by atoms with Crippen molar-refractivity contribution in [2.75, 3.05) is 0 Å². The van der Waals surface area contributed by atoms with E-state index in [1.165, 1.54) is 6.08 Å². The van der Waals surface area contributed by atoms with E-state index in [9.17, 15) is 4.79 Å². The van der Waals surface area contributed by atoms with Crippen molar-refractivity contribution in [3.8, 4) is 0 Å². The molecule has 1 rings (SSSR count). The molecule has 0 aromatic carbocycles. The van der Waals surface area contributed by atoms with Crippen molar-refractivity contribution >= 4 is 5.97 Å². The summed E-state index contributed by atoms with van der Waals surface area (Å²) in [4.78, 5) is 11.0. The number of carbonyl (C=O) groups is 1. The maximum absolute atomic E-state index is 11.0. The van der Waals surface area contributed by atoms with Crippen molar-refractivity contribution in [3.05, 3.63) is 11.8 Å². The molecule has 1 atom stereocenters. The van der Waals surface area contributed by atoms with Gasteiger partial charge in [-0.2, -0.15) is 0 Å². The quantitative estimate of drug-likeness (QED) is 0.563. The van der Waals surface area contributed by atoms with E-state index in [0.717, 1.165) is 0 Å². The number of allylic oxidation sites excluding steroid dienone is 1. The first kappa shape index (κ1) is 9.10. The summed E-state index contributed by atoms with van der Waals surface area (Å²) in [5.41, 5.74) is 0. The largest absolute Gasteiger partial charge is 0.457 e. The van der Waals surface area contributed by atoms with Gasteiger partial charge in [-0.1, -0.05) is 13.8 Å². The van der Waals surface area contributed by atoms with Gasteiger partial charge in [0.25, 0.3) is 5.79 Å². The second-order valence-corrected chi connectivity index (χ2v) is 3.45. The van der Waals surface area contributed by atoms with E-state index >= 15 is 0 Å². The van der Waals surface area contributed by atoms with Crippen LogP contribution in [0.4, 0.5) is 0 Å². The Morgan fingerprint density at radius 1 is 1.42 bits per heavy atom. The fourth-order valence-electron chi connectivity index (χ4n) is 1.00. The predicted molar refractivity (Wildman–Crippen MR) is 44.2 cm³/mol. The highest BCUT2D eigenvalue weighted by atomic mass is 16.7. The first-order chi connectivity index (χ1) is 5.44. The van der Waals surface area contributed by atoms with E-state index in [-0.39, 0.29) is 11.9 Å². The van der Waals surface area contributed by atoms with Crippen LogP contribution in [0.1, 0.15) is 27.7 Å². The Balaban J connectivity index is 2.85. The Bertz CT molecular complexity index is 230. The van der Waals surface area contributed by atoms with Crippen molar-refractivity contribution in [1.29, 1.82) is 0 Å². The second kappa shape index (κ2) is 2.81. The van der Waals surface area contributed by atoms with Gasteiger partial charge >= 0.3 is 5.97 Å². The molecule has 0 radical (unpaired) electrons. The minimum absolute atomic E-state index is 0.144. The maximum atomic E-state index is 11.0. The van der Waals surface area contributed by atoms with Gasteiger partial charge in [-0.15, -0.1) is 0 Å². The topological polar surface area (TPSA) is 35.5 Å². The van der Waals surface area contributed by atoms with Crippen LogP contribution in [0.15, 0.2) is 11.8 Å². The maximum Gasteiger partial charge on any atom is 0.337 e. The first-order valence-electron chi connectivity index (χ1n) is 4.04. The summed E-state index contributed by atoms with van der Waals surface area (Å²) in [6.45, 7) is 7.42. The standard InChI is InChI=1S/C9H14O3/c1-6(2)9(4)11-7(3)5-8(10)12-9/h5-6H,1-4H3. The highest BCUT2D eigenvalue weighted by Crippen LogP contribution is 2.29. The molecule has 12 heavy (non-hydrogen) atoms. The van der Waals surface area contributed by atoms with Crippen LogP contribution < -0.4 is 0 Å². The van der Waals surface area contributed by atoms with Gasteiger partial charge in [0.1, 0.15) is 5.76 Å². The smallest absolute Gasteiger partial charge is 0.337 e. The number of cyclic esters (lactones) is 1. The van der Waals surface area contributed by atoms with Crippen LogP contribution in [-0.4, -0.2) is 11.8 Å². The normalized spacial score (nSPS) is 29.4. The molecule has 1 aliphatic heterocycles. The van der Waals surface area contributed by atoms with Gasteiger partial charge in [0.2, 0.25) is 0 Å². The van der Waals surface area contributed by atoms with Crippen molar-refractivity contribution < 1.29 is 14.3 Å². The lowest BCUT2D eigenvalue weighted by Gasteiger charge is -2.36. The summed E-state index contributed by atoms with van der Waals surface area (Å²) >= 11 is 0. The fraction of sp³-hybridized carbons (Fsp3) is 0.667. The zero-order valence-corrected chi connectivity index (χ0v) is 7.88. The molecule has 68 valence electrons. The molecule has 3 heteroatoms. The van der Waals surface area contributed by atoms with Gasteiger partial charge in [-0.05, 0) is 6.92 Å². The Kier molecular flexibility index (Phi) is 2.13. The first-order valence-corrected chi connectivity index (χ1v) is 4.04. The van der Waals surface area contributed by atoms with Gasteiger partial charge in [-0.25, -0.2) is 4.79 Å². The SMILES string of the molecule is CC1=CC(=O)OC(C)(C(C)C)O1. The zero-order valence-electron chi connectivity index (χ0n) is 7.88. The van der Waals surface area contributed by atoms with Gasteiger partial charge in [-0.3, -0.25) is 0 Å². The van der Waals surface area contributed by atoms with Crippen LogP contribution in [0.3, 0.4) is 0 Å². The molecular formula is C9H14O3. The van der Waals surface area contributed by atoms with Crippen molar-refractivity contribution in [3.63, 3.8) is 0 Å². The van der Waals surface area contributed by atoms with E-state index in [0.29, 0.717) is 5.76 Å². The van der Waals surface area contributed by atoms with Gasteiger partial charge < -0.3 is 9.47 Å². The summed E-state index contributed by atoms with van der Waals surface area (Å²) in [6, 6.07) is 0. The van der Waals surface area contributed by atoms with Crippen LogP contribution in [-0.2, 0) is 14.3 Å². The van der Waals surface area contributed by atoms with Crippen molar-refractivity contribution in [2.24, 2.45) is 5.92 Å². The third kappa shape index (κ3) is 1.60. The molecule has 0 saturated heterocycles. The van der Waals surface area contributed by atoms with E-state index < -0.39 is 5.79 Å². The van der Waals surface area contributed by atoms with E-state index in [1.807, 2.05) is 13.8 Å². The number of hydrogen-bond acceptors (Lipinski definition) is 3. The lowest BCUT2D eigenvalue weighted by atomic mass is 10.0. The van der Waals surface area contributed by atoms with Gasteiger partial charge in [0, 0.05) is 12.8 Å². The van der Waals surface area contributed by atoms with Gasteiger partial charge in [0.05, 0.1) is 6.08 Å². The average molecular weight is 170 g/mol. The van der Waals surface area contributed by atoms with Gasteiger partial charge in [0.15, 0.2) is 0 Å². The lowest BCUT2D eigenvalue weighted by molar-refractivity contribution is -0.230. The van der Waals surface area contributed by atoms with E-state index in [2.05, 4.69) is 0 Å². The Morgan fingerprint density at radius 2 is 2.00 bits per heavy atom. The minimum Gasteiger partial charge on any atom is -0.457 e. The molecule has 0 bridgehead atoms. The fourth-order valence-corrected chi connectivity index (χ4v) is 1.00. The molecule has 0 fully saturated rings. The lowest BCUT2D eigenvalue weighted by Crippen LogP contribution is -2.41. The number of carbonyl (C=O) groups excluding carboxylic acids is 1. The molecule has 0 spiro atoms. The molecular weight excluding hydrogens is 156 g/mol. The number of hydrogen-bond donors (Lipinski definition) is 0. The Hall–Kier alpha value is -0.990. The summed E-state index contributed by atoms with van der Waals surface area (Å²) in [5, 5.41) is 0. The average Bonchev–Trinajstić information content (AvgIpc) is 1.82. The molecule has 0 amide bonds.